The molecule has 4 heteroatoms. The summed E-state index contributed by atoms with van der Waals surface area (Å²) in [5, 5.41) is 0. The number of fused-ring (bicyclic) bond motifs is 2. The lowest BCUT2D eigenvalue weighted by Gasteiger charge is -2.39. The van der Waals surface area contributed by atoms with Crippen molar-refractivity contribution in [2.24, 2.45) is 11.8 Å². The molecular formula is C19H33NO3. The van der Waals surface area contributed by atoms with Crippen molar-refractivity contribution in [3.05, 3.63) is 0 Å². The number of hydrogen-bond donors (Lipinski definition) is 0. The average molecular weight is 323 g/mol. The lowest BCUT2D eigenvalue weighted by atomic mass is 9.83. The maximum absolute atomic E-state index is 12.6. The molecule has 2 heterocycles. The highest BCUT2D eigenvalue weighted by Gasteiger charge is 2.46. The van der Waals surface area contributed by atoms with Crippen molar-refractivity contribution >= 4 is 11.9 Å². The van der Waals surface area contributed by atoms with Gasteiger partial charge in [0.1, 0.15) is 11.4 Å². The van der Waals surface area contributed by atoms with E-state index in [1.807, 2.05) is 25.7 Å². The molecule has 2 fully saturated rings. The maximum atomic E-state index is 12.6. The van der Waals surface area contributed by atoms with Crippen LogP contribution in [-0.4, -0.2) is 34.5 Å². The molecule has 0 N–H and O–H groups in total. The van der Waals surface area contributed by atoms with E-state index in [0.29, 0.717) is 18.1 Å². The van der Waals surface area contributed by atoms with Crippen LogP contribution in [0.2, 0.25) is 0 Å². The Kier molecular flexibility index (Phi) is 5.74. The smallest absolute Gasteiger partial charge is 0.410 e. The minimum absolute atomic E-state index is 0.145. The van der Waals surface area contributed by atoms with Gasteiger partial charge in [-0.3, -0.25) is 4.79 Å². The number of rotatable bonds is 5. The van der Waals surface area contributed by atoms with Crippen molar-refractivity contribution in [2.45, 2.75) is 97.2 Å². The fourth-order valence-electron chi connectivity index (χ4n) is 4.08. The van der Waals surface area contributed by atoms with Gasteiger partial charge in [0.05, 0.1) is 0 Å². The molecular weight excluding hydrogens is 290 g/mol. The van der Waals surface area contributed by atoms with Gasteiger partial charge in [0.15, 0.2) is 0 Å². The Labute approximate surface area is 140 Å². The zero-order chi connectivity index (χ0) is 17.2. The SMILES string of the molecule is CCC(CC)CC(=O)C1CC2CCC(C1)N2C(=O)OC(C)(C)C. The number of carbonyl (C=O) groups excluding carboxylic acids is 2. The van der Waals surface area contributed by atoms with E-state index in [0.717, 1.165) is 38.5 Å². The van der Waals surface area contributed by atoms with E-state index in [-0.39, 0.29) is 24.1 Å². The van der Waals surface area contributed by atoms with Gasteiger partial charge < -0.3 is 9.64 Å². The molecule has 4 nitrogen and oxygen atoms in total. The Morgan fingerprint density at radius 2 is 1.61 bits per heavy atom. The van der Waals surface area contributed by atoms with Crippen LogP contribution in [0.3, 0.4) is 0 Å². The summed E-state index contributed by atoms with van der Waals surface area (Å²) in [6.07, 6.45) is 6.35. The van der Waals surface area contributed by atoms with Gasteiger partial charge in [-0.25, -0.2) is 4.79 Å². The number of ether oxygens (including phenoxy) is 1. The van der Waals surface area contributed by atoms with E-state index in [4.69, 9.17) is 4.74 Å². The Morgan fingerprint density at radius 3 is 2.04 bits per heavy atom. The second kappa shape index (κ2) is 7.23. The Morgan fingerprint density at radius 1 is 1.09 bits per heavy atom. The van der Waals surface area contributed by atoms with Crippen LogP contribution < -0.4 is 0 Å². The summed E-state index contributed by atoms with van der Waals surface area (Å²) >= 11 is 0. The first-order chi connectivity index (χ1) is 10.7. The van der Waals surface area contributed by atoms with Crippen molar-refractivity contribution < 1.29 is 14.3 Å². The highest BCUT2D eigenvalue weighted by Crippen LogP contribution is 2.40. The van der Waals surface area contributed by atoms with E-state index in [1.54, 1.807) is 0 Å². The first kappa shape index (κ1) is 18.3. The van der Waals surface area contributed by atoms with Gasteiger partial charge in [0.25, 0.3) is 0 Å². The molecule has 0 aromatic heterocycles. The standard InChI is InChI=1S/C19H33NO3/c1-6-13(7-2)10-17(21)14-11-15-8-9-16(12-14)20(15)18(22)23-19(3,4)5/h13-16H,6-12H2,1-5H3. The Bertz CT molecular complexity index is 422. The predicted molar refractivity (Wildman–Crippen MR) is 91.3 cm³/mol. The van der Waals surface area contributed by atoms with Gasteiger partial charge >= 0.3 is 6.09 Å². The van der Waals surface area contributed by atoms with Gasteiger partial charge in [-0.05, 0) is 52.4 Å². The van der Waals surface area contributed by atoms with Gasteiger partial charge in [-0.1, -0.05) is 26.7 Å². The Hall–Kier alpha value is -1.06. The molecule has 0 spiro atoms. The number of hydrogen-bond acceptors (Lipinski definition) is 3. The summed E-state index contributed by atoms with van der Waals surface area (Å²) < 4.78 is 5.56. The molecule has 0 saturated carbocycles. The molecule has 0 aliphatic carbocycles. The van der Waals surface area contributed by atoms with Crippen LogP contribution in [0.5, 0.6) is 0 Å². The summed E-state index contributed by atoms with van der Waals surface area (Å²) in [6.45, 7) is 10.0. The molecule has 23 heavy (non-hydrogen) atoms. The molecule has 2 rings (SSSR count). The molecule has 1 amide bonds. The van der Waals surface area contributed by atoms with Crippen LogP contribution in [-0.2, 0) is 9.53 Å². The monoisotopic (exact) mass is 323 g/mol. The van der Waals surface area contributed by atoms with E-state index >= 15 is 0 Å². The third kappa shape index (κ3) is 4.48. The first-order valence-corrected chi connectivity index (χ1v) is 9.29. The minimum atomic E-state index is -0.460. The van der Waals surface area contributed by atoms with E-state index in [1.165, 1.54) is 0 Å². The minimum Gasteiger partial charge on any atom is -0.444 e. The van der Waals surface area contributed by atoms with E-state index < -0.39 is 5.60 Å². The summed E-state index contributed by atoms with van der Waals surface area (Å²) in [6, 6.07) is 0.388. The molecule has 2 aliphatic rings. The Balaban J connectivity index is 1.96. The van der Waals surface area contributed by atoms with E-state index in [2.05, 4.69) is 13.8 Å². The second-order valence-electron chi connectivity index (χ2n) is 8.29. The number of piperidine rings is 1. The van der Waals surface area contributed by atoms with Crippen LogP contribution in [0, 0.1) is 11.8 Å². The van der Waals surface area contributed by atoms with Crippen LogP contribution in [0.1, 0.15) is 79.6 Å². The van der Waals surface area contributed by atoms with Crippen molar-refractivity contribution in [3.63, 3.8) is 0 Å². The van der Waals surface area contributed by atoms with Crippen LogP contribution in [0.4, 0.5) is 4.79 Å². The number of carbonyl (C=O) groups is 2. The predicted octanol–water partition coefficient (Wildman–Crippen LogP) is 4.56. The molecule has 2 saturated heterocycles. The van der Waals surface area contributed by atoms with Crippen molar-refractivity contribution in [1.82, 2.24) is 4.90 Å². The fraction of sp³-hybridized carbons (Fsp3) is 0.895. The first-order valence-electron chi connectivity index (χ1n) is 9.29. The van der Waals surface area contributed by atoms with Gasteiger partial charge in [0.2, 0.25) is 0 Å². The molecule has 0 radical (unpaired) electrons. The molecule has 0 aromatic rings. The second-order valence-corrected chi connectivity index (χ2v) is 8.29. The molecule has 2 unspecified atom stereocenters. The van der Waals surface area contributed by atoms with Gasteiger partial charge in [0, 0.05) is 24.4 Å². The molecule has 132 valence electrons. The third-order valence-corrected chi connectivity index (χ3v) is 5.44. The van der Waals surface area contributed by atoms with Crippen LogP contribution in [0.25, 0.3) is 0 Å². The molecule has 2 bridgehead atoms. The van der Waals surface area contributed by atoms with Crippen molar-refractivity contribution in [1.29, 1.82) is 0 Å². The number of ketones is 1. The topological polar surface area (TPSA) is 46.6 Å². The zero-order valence-corrected chi connectivity index (χ0v) is 15.4. The number of nitrogens with zero attached hydrogens (tertiary/aromatic N) is 1. The average Bonchev–Trinajstić information content (AvgIpc) is 2.73. The number of amides is 1. The summed E-state index contributed by atoms with van der Waals surface area (Å²) in [5.74, 6) is 1.08. The number of Topliss-reactive ketones (excluding diaryl/α,β-unsaturated/α-hetero) is 1. The van der Waals surface area contributed by atoms with Crippen molar-refractivity contribution in [3.8, 4) is 0 Å². The normalized spacial score (nSPS) is 27.4. The summed E-state index contributed by atoms with van der Waals surface area (Å²) in [7, 11) is 0. The highest BCUT2D eigenvalue weighted by atomic mass is 16.6. The summed E-state index contributed by atoms with van der Waals surface area (Å²) in [5.41, 5.74) is -0.460. The van der Waals surface area contributed by atoms with Gasteiger partial charge in [-0.2, -0.15) is 0 Å². The molecule has 2 aliphatic heterocycles. The highest BCUT2D eigenvalue weighted by molar-refractivity contribution is 5.82. The quantitative estimate of drug-likeness (QED) is 0.745. The van der Waals surface area contributed by atoms with Crippen LogP contribution in [0.15, 0.2) is 0 Å². The van der Waals surface area contributed by atoms with Gasteiger partial charge in [-0.15, -0.1) is 0 Å². The lowest BCUT2D eigenvalue weighted by molar-refractivity contribution is -0.126. The fourth-order valence-corrected chi connectivity index (χ4v) is 4.08. The third-order valence-electron chi connectivity index (χ3n) is 5.44. The largest absolute Gasteiger partial charge is 0.444 e. The van der Waals surface area contributed by atoms with E-state index in [9.17, 15) is 9.59 Å². The van der Waals surface area contributed by atoms with Crippen molar-refractivity contribution in [2.75, 3.05) is 0 Å². The zero-order valence-electron chi connectivity index (χ0n) is 15.4. The maximum Gasteiger partial charge on any atom is 0.410 e. The molecule has 2 atom stereocenters. The summed E-state index contributed by atoms with van der Waals surface area (Å²) in [4.78, 5) is 27.0. The molecule has 0 aromatic carbocycles. The lowest BCUT2D eigenvalue weighted by Crippen LogP contribution is -2.49. The van der Waals surface area contributed by atoms with Crippen LogP contribution >= 0.6 is 0 Å².